The Morgan fingerprint density at radius 3 is 2.85 bits per heavy atom. The van der Waals surface area contributed by atoms with Gasteiger partial charge < -0.3 is 15.2 Å². The summed E-state index contributed by atoms with van der Waals surface area (Å²) in [6.07, 6.45) is 0.629. The molecular formula is C12H17ClN2O4S. The van der Waals surface area contributed by atoms with E-state index in [9.17, 15) is 8.42 Å². The first-order chi connectivity index (χ1) is 9.40. The summed E-state index contributed by atoms with van der Waals surface area (Å²) in [5, 5.41) is 0.0895. The fourth-order valence-electron chi connectivity index (χ4n) is 2.07. The molecule has 1 aliphatic rings. The number of nitrogens with two attached hydrogens (primary N) is 1. The minimum Gasteiger partial charge on any atom is -0.398 e. The summed E-state index contributed by atoms with van der Waals surface area (Å²) >= 11 is 5.92. The molecule has 1 atom stereocenters. The molecule has 1 unspecified atom stereocenters. The van der Waals surface area contributed by atoms with Crippen molar-refractivity contribution >= 4 is 27.3 Å². The van der Waals surface area contributed by atoms with Gasteiger partial charge in [-0.25, -0.2) is 13.1 Å². The number of anilines is 1. The highest BCUT2D eigenvalue weighted by Crippen LogP contribution is 2.28. The van der Waals surface area contributed by atoms with Crippen LogP contribution in [0.2, 0.25) is 5.02 Å². The molecule has 1 aliphatic heterocycles. The normalized spacial score (nSPS) is 23.1. The number of methoxy groups -OCH3 is 1. The third-order valence-corrected chi connectivity index (χ3v) is 5.30. The van der Waals surface area contributed by atoms with Gasteiger partial charge in [0, 0.05) is 26.7 Å². The second-order valence-electron chi connectivity index (χ2n) is 4.67. The number of nitrogen functional groups attached to an aromatic ring is 1. The van der Waals surface area contributed by atoms with E-state index in [1.54, 1.807) is 6.07 Å². The van der Waals surface area contributed by atoms with E-state index < -0.39 is 15.6 Å². The number of hydrogen-bond acceptors (Lipinski definition) is 5. The molecule has 2 rings (SSSR count). The Kier molecular flexibility index (Phi) is 4.55. The molecule has 0 radical (unpaired) electrons. The van der Waals surface area contributed by atoms with E-state index >= 15 is 0 Å². The molecule has 1 heterocycles. The second kappa shape index (κ2) is 5.87. The number of ether oxygens (including phenoxy) is 2. The molecule has 0 aliphatic carbocycles. The van der Waals surface area contributed by atoms with E-state index in [1.807, 2.05) is 0 Å². The molecule has 20 heavy (non-hydrogen) atoms. The van der Waals surface area contributed by atoms with Gasteiger partial charge in [0.15, 0.2) is 0 Å². The first-order valence-electron chi connectivity index (χ1n) is 6.07. The van der Waals surface area contributed by atoms with E-state index in [0.29, 0.717) is 19.6 Å². The van der Waals surface area contributed by atoms with Crippen LogP contribution in [0.5, 0.6) is 0 Å². The quantitative estimate of drug-likeness (QED) is 0.790. The molecule has 112 valence electrons. The van der Waals surface area contributed by atoms with E-state index in [1.165, 1.54) is 19.2 Å². The van der Waals surface area contributed by atoms with Crippen LogP contribution in [0.15, 0.2) is 23.1 Å². The Hall–Kier alpha value is -0.860. The van der Waals surface area contributed by atoms with Crippen LogP contribution in [0.3, 0.4) is 0 Å². The molecule has 0 bridgehead atoms. The van der Waals surface area contributed by atoms with Gasteiger partial charge >= 0.3 is 0 Å². The molecule has 8 heteroatoms. The van der Waals surface area contributed by atoms with Crippen LogP contribution in [-0.2, 0) is 19.5 Å². The van der Waals surface area contributed by atoms with Crippen molar-refractivity contribution in [2.45, 2.75) is 16.9 Å². The number of sulfonamides is 1. The predicted octanol–water partition coefficient (Wildman–Crippen LogP) is 1.01. The Morgan fingerprint density at radius 2 is 2.30 bits per heavy atom. The van der Waals surface area contributed by atoms with Gasteiger partial charge in [-0.15, -0.1) is 0 Å². The molecule has 6 nitrogen and oxygen atoms in total. The number of rotatable bonds is 5. The monoisotopic (exact) mass is 320 g/mol. The fourth-order valence-corrected chi connectivity index (χ4v) is 3.86. The van der Waals surface area contributed by atoms with E-state index in [2.05, 4.69) is 4.72 Å². The van der Waals surface area contributed by atoms with Crippen molar-refractivity contribution < 1.29 is 17.9 Å². The molecule has 1 aromatic carbocycles. The average Bonchev–Trinajstić information content (AvgIpc) is 2.85. The van der Waals surface area contributed by atoms with Crippen LogP contribution in [-0.4, -0.2) is 40.9 Å². The van der Waals surface area contributed by atoms with Gasteiger partial charge in [0.05, 0.1) is 17.3 Å². The van der Waals surface area contributed by atoms with Crippen molar-refractivity contribution in [2.24, 2.45) is 0 Å². The highest BCUT2D eigenvalue weighted by atomic mass is 35.5. The van der Waals surface area contributed by atoms with Crippen LogP contribution in [0, 0.1) is 0 Å². The minimum atomic E-state index is -3.80. The summed E-state index contributed by atoms with van der Waals surface area (Å²) in [5.41, 5.74) is 5.17. The number of nitrogens with one attached hydrogen (secondary N) is 1. The van der Waals surface area contributed by atoms with Gasteiger partial charge in [-0.2, -0.15) is 0 Å². The van der Waals surface area contributed by atoms with E-state index in [4.69, 9.17) is 26.8 Å². The Labute approximate surface area is 123 Å². The second-order valence-corrected chi connectivity index (χ2v) is 6.78. The topological polar surface area (TPSA) is 90.7 Å². The SMILES string of the molecule is COC1(CNS(=O)(=O)c2c(N)cccc2Cl)CCOC1. The van der Waals surface area contributed by atoms with Gasteiger partial charge in [0.25, 0.3) is 0 Å². The van der Waals surface area contributed by atoms with Crippen LogP contribution >= 0.6 is 11.6 Å². The maximum Gasteiger partial charge on any atom is 0.244 e. The lowest BCUT2D eigenvalue weighted by atomic mass is 10.0. The zero-order chi connectivity index (χ0) is 14.8. The molecule has 1 saturated heterocycles. The zero-order valence-electron chi connectivity index (χ0n) is 11.1. The first-order valence-corrected chi connectivity index (χ1v) is 7.93. The van der Waals surface area contributed by atoms with E-state index in [0.717, 1.165) is 0 Å². The third-order valence-electron chi connectivity index (χ3n) is 3.35. The molecule has 3 N–H and O–H groups in total. The predicted molar refractivity (Wildman–Crippen MR) is 76.2 cm³/mol. The van der Waals surface area contributed by atoms with E-state index in [-0.39, 0.29) is 22.2 Å². The maximum atomic E-state index is 12.3. The number of benzene rings is 1. The van der Waals surface area contributed by atoms with Gasteiger partial charge in [0.1, 0.15) is 10.5 Å². The lowest BCUT2D eigenvalue weighted by molar-refractivity contribution is -0.0120. The summed E-state index contributed by atoms with van der Waals surface area (Å²) in [6.45, 7) is 1.00. The van der Waals surface area contributed by atoms with Gasteiger partial charge in [0.2, 0.25) is 10.0 Å². The molecule has 1 fully saturated rings. The zero-order valence-corrected chi connectivity index (χ0v) is 12.6. The lowest BCUT2D eigenvalue weighted by Crippen LogP contribution is -2.45. The first kappa shape index (κ1) is 15.5. The summed E-state index contributed by atoms with van der Waals surface area (Å²) in [4.78, 5) is -0.105. The van der Waals surface area contributed by atoms with Crippen molar-refractivity contribution in [1.82, 2.24) is 4.72 Å². The van der Waals surface area contributed by atoms with Crippen molar-refractivity contribution in [3.63, 3.8) is 0 Å². The van der Waals surface area contributed by atoms with Crippen LogP contribution in [0.25, 0.3) is 0 Å². The Morgan fingerprint density at radius 1 is 1.55 bits per heavy atom. The standard InChI is InChI=1S/C12H17ClN2O4S/c1-18-12(5-6-19-8-12)7-15-20(16,17)11-9(13)3-2-4-10(11)14/h2-4,15H,5-8,14H2,1H3. The Bertz CT molecular complexity index is 565. The maximum absolute atomic E-state index is 12.3. The van der Waals surface area contributed by atoms with Gasteiger partial charge in [-0.05, 0) is 12.1 Å². The van der Waals surface area contributed by atoms with Crippen molar-refractivity contribution in [3.8, 4) is 0 Å². The van der Waals surface area contributed by atoms with Gasteiger partial charge in [-0.3, -0.25) is 0 Å². The number of hydrogen-bond donors (Lipinski definition) is 2. The molecular weight excluding hydrogens is 304 g/mol. The third kappa shape index (κ3) is 3.07. The van der Waals surface area contributed by atoms with Gasteiger partial charge in [-0.1, -0.05) is 17.7 Å². The number of halogens is 1. The molecule has 1 aromatic rings. The molecule has 0 aromatic heterocycles. The van der Waals surface area contributed by atoms with Crippen molar-refractivity contribution in [2.75, 3.05) is 32.6 Å². The summed E-state index contributed by atoms with van der Waals surface area (Å²) in [6, 6.07) is 4.57. The minimum absolute atomic E-state index is 0.0895. The smallest absolute Gasteiger partial charge is 0.244 e. The highest BCUT2D eigenvalue weighted by Gasteiger charge is 2.36. The highest BCUT2D eigenvalue weighted by molar-refractivity contribution is 7.89. The van der Waals surface area contributed by atoms with Crippen molar-refractivity contribution in [3.05, 3.63) is 23.2 Å². The summed E-state index contributed by atoms with van der Waals surface area (Å²) < 4.78 is 37.8. The molecule has 0 saturated carbocycles. The fraction of sp³-hybridized carbons (Fsp3) is 0.500. The van der Waals surface area contributed by atoms with Crippen LogP contribution < -0.4 is 10.5 Å². The van der Waals surface area contributed by atoms with Crippen LogP contribution in [0.1, 0.15) is 6.42 Å². The Balaban J connectivity index is 2.20. The summed E-state index contributed by atoms with van der Waals surface area (Å²) in [7, 11) is -2.27. The largest absolute Gasteiger partial charge is 0.398 e. The lowest BCUT2D eigenvalue weighted by Gasteiger charge is -2.26. The van der Waals surface area contributed by atoms with Crippen molar-refractivity contribution in [1.29, 1.82) is 0 Å². The molecule has 0 spiro atoms. The average molecular weight is 321 g/mol. The molecule has 0 amide bonds. The van der Waals surface area contributed by atoms with Crippen LogP contribution in [0.4, 0.5) is 5.69 Å². The summed E-state index contributed by atoms with van der Waals surface area (Å²) in [5.74, 6) is 0.